The molecule has 2 aromatic heterocycles. The zero-order chi connectivity index (χ0) is 12.4. The van der Waals surface area contributed by atoms with Crippen molar-refractivity contribution in [2.75, 3.05) is 13.1 Å². The van der Waals surface area contributed by atoms with Crippen LogP contribution >= 0.6 is 22.7 Å². The van der Waals surface area contributed by atoms with Gasteiger partial charge in [-0.05, 0) is 31.3 Å². The standard InChI is InChI=1S/C13H17N3S2/c1-13(3-4-14-9-13)15-6-11-8-18-12(16-11)10-2-5-17-7-10/h2,5,7-8,14-15H,3-4,6,9H2,1H3. The van der Waals surface area contributed by atoms with Crippen molar-refractivity contribution in [2.45, 2.75) is 25.4 Å². The van der Waals surface area contributed by atoms with Crippen molar-refractivity contribution in [3.05, 3.63) is 27.9 Å². The van der Waals surface area contributed by atoms with Gasteiger partial charge in [-0.15, -0.1) is 11.3 Å². The average molecular weight is 279 g/mol. The Kier molecular flexibility index (Phi) is 3.48. The van der Waals surface area contributed by atoms with Gasteiger partial charge in [-0.3, -0.25) is 0 Å². The van der Waals surface area contributed by atoms with Gasteiger partial charge in [0.15, 0.2) is 0 Å². The Balaban J connectivity index is 1.64. The lowest BCUT2D eigenvalue weighted by Crippen LogP contribution is -2.43. The van der Waals surface area contributed by atoms with Crippen LogP contribution in [0.3, 0.4) is 0 Å². The van der Waals surface area contributed by atoms with Crippen molar-refractivity contribution in [3.8, 4) is 10.6 Å². The number of nitrogens with zero attached hydrogens (tertiary/aromatic N) is 1. The lowest BCUT2D eigenvalue weighted by Gasteiger charge is -2.23. The predicted molar refractivity (Wildman–Crippen MR) is 78.2 cm³/mol. The van der Waals surface area contributed by atoms with Crippen LogP contribution in [0, 0.1) is 0 Å². The molecule has 18 heavy (non-hydrogen) atoms. The molecule has 0 amide bonds. The summed E-state index contributed by atoms with van der Waals surface area (Å²) in [5.41, 5.74) is 2.62. The van der Waals surface area contributed by atoms with Crippen LogP contribution in [-0.4, -0.2) is 23.6 Å². The first-order chi connectivity index (χ1) is 8.75. The minimum absolute atomic E-state index is 0.228. The zero-order valence-electron chi connectivity index (χ0n) is 10.4. The highest BCUT2D eigenvalue weighted by molar-refractivity contribution is 7.14. The van der Waals surface area contributed by atoms with Crippen molar-refractivity contribution in [1.29, 1.82) is 0 Å². The molecule has 3 nitrogen and oxygen atoms in total. The molecule has 2 N–H and O–H groups in total. The van der Waals surface area contributed by atoms with E-state index in [0.717, 1.165) is 30.3 Å². The Bertz CT molecular complexity index is 498. The number of hydrogen-bond acceptors (Lipinski definition) is 5. The first-order valence-corrected chi connectivity index (χ1v) is 8.00. The Hall–Kier alpha value is -0.750. The molecule has 1 unspecified atom stereocenters. The summed E-state index contributed by atoms with van der Waals surface area (Å²) in [4.78, 5) is 4.69. The molecule has 0 bridgehead atoms. The zero-order valence-corrected chi connectivity index (χ0v) is 12.0. The van der Waals surface area contributed by atoms with Crippen LogP contribution in [0.15, 0.2) is 22.2 Å². The number of rotatable bonds is 4. The van der Waals surface area contributed by atoms with Gasteiger partial charge in [-0.2, -0.15) is 11.3 Å². The maximum absolute atomic E-state index is 4.69. The molecule has 0 spiro atoms. The van der Waals surface area contributed by atoms with Gasteiger partial charge in [0.05, 0.1) is 5.69 Å². The van der Waals surface area contributed by atoms with Gasteiger partial charge in [-0.25, -0.2) is 4.98 Å². The molecule has 0 radical (unpaired) electrons. The summed E-state index contributed by atoms with van der Waals surface area (Å²) in [7, 11) is 0. The number of thiazole rings is 1. The summed E-state index contributed by atoms with van der Waals surface area (Å²) >= 11 is 3.45. The highest BCUT2D eigenvalue weighted by Gasteiger charge is 2.27. The second-order valence-electron chi connectivity index (χ2n) is 5.00. The van der Waals surface area contributed by atoms with Crippen molar-refractivity contribution in [1.82, 2.24) is 15.6 Å². The number of aromatic nitrogens is 1. The summed E-state index contributed by atoms with van der Waals surface area (Å²) in [6, 6.07) is 2.13. The molecule has 3 heterocycles. The highest BCUT2D eigenvalue weighted by Crippen LogP contribution is 2.26. The molecule has 1 saturated heterocycles. The van der Waals surface area contributed by atoms with Gasteiger partial charge < -0.3 is 10.6 Å². The molecule has 0 aromatic carbocycles. The Morgan fingerprint density at radius 3 is 3.17 bits per heavy atom. The first kappa shape index (κ1) is 12.3. The van der Waals surface area contributed by atoms with E-state index in [4.69, 9.17) is 0 Å². The second-order valence-corrected chi connectivity index (χ2v) is 6.64. The molecule has 1 atom stereocenters. The van der Waals surface area contributed by atoms with Crippen LogP contribution < -0.4 is 10.6 Å². The van der Waals surface area contributed by atoms with Gasteiger partial charge in [-0.1, -0.05) is 0 Å². The molecule has 96 valence electrons. The summed E-state index contributed by atoms with van der Waals surface area (Å²) in [6.45, 7) is 5.30. The van der Waals surface area contributed by atoms with Gasteiger partial charge in [0, 0.05) is 35.0 Å². The van der Waals surface area contributed by atoms with Crippen LogP contribution in [0.2, 0.25) is 0 Å². The quantitative estimate of drug-likeness (QED) is 0.903. The fourth-order valence-electron chi connectivity index (χ4n) is 2.18. The van der Waals surface area contributed by atoms with Gasteiger partial charge >= 0.3 is 0 Å². The van der Waals surface area contributed by atoms with Crippen LogP contribution in [0.1, 0.15) is 19.0 Å². The second kappa shape index (κ2) is 5.09. The number of thiophene rings is 1. The van der Waals surface area contributed by atoms with Crippen molar-refractivity contribution in [3.63, 3.8) is 0 Å². The van der Waals surface area contributed by atoms with Crippen molar-refractivity contribution < 1.29 is 0 Å². The molecular weight excluding hydrogens is 262 g/mol. The van der Waals surface area contributed by atoms with E-state index in [1.54, 1.807) is 22.7 Å². The lowest BCUT2D eigenvalue weighted by atomic mass is 10.0. The van der Waals surface area contributed by atoms with Crippen molar-refractivity contribution >= 4 is 22.7 Å². The maximum atomic E-state index is 4.69. The van der Waals surface area contributed by atoms with Crippen LogP contribution in [0.4, 0.5) is 0 Å². The van der Waals surface area contributed by atoms with E-state index in [-0.39, 0.29) is 5.54 Å². The summed E-state index contributed by atoms with van der Waals surface area (Å²) in [5, 5.41) is 14.5. The molecule has 1 fully saturated rings. The van der Waals surface area contributed by atoms with Gasteiger partial charge in [0.2, 0.25) is 0 Å². The number of hydrogen-bond donors (Lipinski definition) is 2. The largest absolute Gasteiger partial charge is 0.315 e. The number of nitrogens with one attached hydrogen (secondary N) is 2. The highest BCUT2D eigenvalue weighted by atomic mass is 32.1. The summed E-state index contributed by atoms with van der Waals surface area (Å²) < 4.78 is 0. The third-order valence-corrected chi connectivity index (χ3v) is 5.01. The minimum atomic E-state index is 0.228. The van der Waals surface area contributed by atoms with Crippen LogP contribution in [0.25, 0.3) is 10.6 Å². The third-order valence-electron chi connectivity index (χ3n) is 3.38. The molecule has 2 aromatic rings. The van der Waals surface area contributed by atoms with Gasteiger partial charge in [0.1, 0.15) is 5.01 Å². The average Bonchev–Trinajstić information content (AvgIpc) is 3.08. The van der Waals surface area contributed by atoms with Crippen molar-refractivity contribution in [2.24, 2.45) is 0 Å². The van der Waals surface area contributed by atoms with E-state index in [1.807, 2.05) is 0 Å². The smallest absolute Gasteiger partial charge is 0.124 e. The molecule has 1 aliphatic heterocycles. The van der Waals surface area contributed by atoms with Crippen LogP contribution in [-0.2, 0) is 6.54 Å². The van der Waals surface area contributed by atoms with E-state index in [1.165, 1.54) is 12.0 Å². The Labute approximate surface area is 115 Å². The lowest BCUT2D eigenvalue weighted by molar-refractivity contribution is 0.384. The fourth-order valence-corrected chi connectivity index (χ4v) is 3.71. The normalized spacial score (nSPS) is 23.6. The fraction of sp³-hybridized carbons (Fsp3) is 0.462. The molecular formula is C13H17N3S2. The summed E-state index contributed by atoms with van der Waals surface area (Å²) in [6.07, 6.45) is 1.19. The molecule has 0 aliphatic carbocycles. The third kappa shape index (κ3) is 2.64. The van der Waals surface area contributed by atoms with E-state index in [0.29, 0.717) is 0 Å². The van der Waals surface area contributed by atoms with E-state index in [9.17, 15) is 0 Å². The monoisotopic (exact) mass is 279 g/mol. The first-order valence-electron chi connectivity index (χ1n) is 6.18. The molecule has 5 heteroatoms. The Morgan fingerprint density at radius 2 is 2.44 bits per heavy atom. The maximum Gasteiger partial charge on any atom is 0.124 e. The molecule has 0 saturated carbocycles. The topological polar surface area (TPSA) is 37.0 Å². The Morgan fingerprint density at radius 1 is 1.50 bits per heavy atom. The SMILES string of the molecule is CC1(NCc2csc(-c3ccsc3)n2)CCNC1. The van der Waals surface area contributed by atoms with Gasteiger partial charge in [0.25, 0.3) is 0 Å². The molecule has 1 aliphatic rings. The summed E-state index contributed by atoms with van der Waals surface area (Å²) in [5.74, 6) is 0. The van der Waals surface area contributed by atoms with Crippen LogP contribution in [0.5, 0.6) is 0 Å². The minimum Gasteiger partial charge on any atom is -0.315 e. The molecule has 3 rings (SSSR count). The van der Waals surface area contributed by atoms with E-state index >= 15 is 0 Å². The predicted octanol–water partition coefficient (Wildman–Crippen LogP) is 2.71. The van der Waals surface area contributed by atoms with E-state index in [2.05, 4.69) is 44.7 Å². The van der Waals surface area contributed by atoms with E-state index < -0.39 is 0 Å².